The van der Waals surface area contributed by atoms with Gasteiger partial charge in [-0.1, -0.05) is 31.2 Å². The van der Waals surface area contributed by atoms with Crippen molar-refractivity contribution in [2.75, 3.05) is 6.54 Å². The summed E-state index contributed by atoms with van der Waals surface area (Å²) in [6.45, 7) is 5.50. The van der Waals surface area contributed by atoms with E-state index in [1.54, 1.807) is 18.3 Å². The number of rotatable bonds is 7. The molecule has 1 aliphatic rings. The molecule has 2 aromatic rings. The Hall–Kier alpha value is -2.78. The highest BCUT2D eigenvalue weighted by molar-refractivity contribution is 7.13. The minimum atomic E-state index is -0.767. The summed E-state index contributed by atoms with van der Waals surface area (Å²) in [5.41, 5.74) is 4.81. The Kier molecular flexibility index (Phi) is 7.40. The van der Waals surface area contributed by atoms with Crippen LogP contribution < -0.4 is 10.6 Å². The van der Waals surface area contributed by atoms with Crippen LogP contribution in [0.5, 0.6) is 0 Å². The van der Waals surface area contributed by atoms with Gasteiger partial charge in [-0.3, -0.25) is 14.4 Å². The highest BCUT2D eigenvalue weighted by Gasteiger charge is 2.40. The quantitative estimate of drug-likeness (QED) is 0.601. The zero-order chi connectivity index (χ0) is 22.5. The molecule has 31 heavy (non-hydrogen) atoms. The molecule has 3 atom stereocenters. The third-order valence-corrected chi connectivity index (χ3v) is 6.35. The molecule has 1 aliphatic heterocycles. The molecule has 1 saturated heterocycles. The number of aryl methyl sites for hydroxylation is 1. The van der Waals surface area contributed by atoms with Crippen LogP contribution in [0.15, 0.2) is 29.8 Å². The van der Waals surface area contributed by atoms with Crippen LogP contribution in [0.25, 0.3) is 10.4 Å². The van der Waals surface area contributed by atoms with Crippen LogP contribution in [-0.2, 0) is 20.9 Å². The zero-order valence-electron chi connectivity index (χ0n) is 17.9. The van der Waals surface area contributed by atoms with E-state index in [4.69, 9.17) is 0 Å². The van der Waals surface area contributed by atoms with Crippen molar-refractivity contribution in [3.05, 3.63) is 41.0 Å². The standard InChI is InChI=1S/C22H28N4O4S/c1-4-18(25-14(3)27)22(30)26-11-17(28)9-19(26)21(29)23-10-15-5-7-16(8-6-15)20-13(2)24-12-31-20/h5-8,12,17-19,28H,4,9-11H2,1-3H3,(H,23,29)(H,25,27)/t17-,18+,19?/m1/s1. The fraction of sp³-hybridized carbons (Fsp3) is 0.455. The monoisotopic (exact) mass is 444 g/mol. The molecule has 1 aromatic heterocycles. The number of hydrogen-bond acceptors (Lipinski definition) is 6. The first-order valence-electron chi connectivity index (χ1n) is 10.3. The number of hydrogen-bond donors (Lipinski definition) is 3. The van der Waals surface area contributed by atoms with E-state index >= 15 is 0 Å². The first kappa shape index (κ1) is 22.9. The van der Waals surface area contributed by atoms with Crippen molar-refractivity contribution in [3.8, 4) is 10.4 Å². The summed E-state index contributed by atoms with van der Waals surface area (Å²) in [5.74, 6) is -0.971. The molecule has 1 unspecified atom stereocenters. The fourth-order valence-corrected chi connectivity index (χ4v) is 4.56. The minimum absolute atomic E-state index is 0.0793. The summed E-state index contributed by atoms with van der Waals surface area (Å²) in [7, 11) is 0. The second-order valence-electron chi connectivity index (χ2n) is 7.74. The third-order valence-electron chi connectivity index (χ3n) is 5.38. The van der Waals surface area contributed by atoms with Crippen LogP contribution >= 0.6 is 11.3 Å². The van der Waals surface area contributed by atoms with Gasteiger partial charge in [-0.15, -0.1) is 11.3 Å². The van der Waals surface area contributed by atoms with E-state index in [0.717, 1.165) is 21.7 Å². The molecule has 2 heterocycles. The van der Waals surface area contributed by atoms with Gasteiger partial charge in [0.15, 0.2) is 0 Å². The van der Waals surface area contributed by atoms with E-state index in [1.807, 2.05) is 36.7 Å². The number of nitrogens with zero attached hydrogens (tertiary/aromatic N) is 2. The molecule has 1 aromatic carbocycles. The number of aliphatic hydroxyl groups is 1. The number of aliphatic hydroxyl groups excluding tert-OH is 1. The van der Waals surface area contributed by atoms with Crippen molar-refractivity contribution in [1.29, 1.82) is 0 Å². The first-order valence-corrected chi connectivity index (χ1v) is 11.2. The smallest absolute Gasteiger partial charge is 0.245 e. The normalized spacial score (nSPS) is 19.2. The average Bonchev–Trinajstić information content (AvgIpc) is 3.35. The molecule has 0 bridgehead atoms. The summed E-state index contributed by atoms with van der Waals surface area (Å²) >= 11 is 1.59. The summed E-state index contributed by atoms with van der Waals surface area (Å²) < 4.78 is 0. The average molecular weight is 445 g/mol. The number of carbonyl (C=O) groups excluding carboxylic acids is 3. The van der Waals surface area contributed by atoms with Crippen molar-refractivity contribution in [3.63, 3.8) is 0 Å². The van der Waals surface area contributed by atoms with E-state index in [2.05, 4.69) is 15.6 Å². The van der Waals surface area contributed by atoms with E-state index in [1.165, 1.54) is 11.8 Å². The maximum absolute atomic E-state index is 12.8. The lowest BCUT2D eigenvalue weighted by molar-refractivity contribution is -0.141. The highest BCUT2D eigenvalue weighted by atomic mass is 32.1. The lowest BCUT2D eigenvalue weighted by Crippen LogP contribution is -2.53. The van der Waals surface area contributed by atoms with Crippen LogP contribution in [0.3, 0.4) is 0 Å². The second kappa shape index (κ2) is 10.0. The predicted octanol–water partition coefficient (Wildman–Crippen LogP) is 1.61. The second-order valence-corrected chi connectivity index (χ2v) is 8.59. The Morgan fingerprint density at radius 1 is 1.29 bits per heavy atom. The van der Waals surface area contributed by atoms with Crippen LogP contribution in [0.2, 0.25) is 0 Å². The summed E-state index contributed by atoms with van der Waals surface area (Å²) in [6, 6.07) is 6.42. The highest BCUT2D eigenvalue weighted by Crippen LogP contribution is 2.27. The topological polar surface area (TPSA) is 112 Å². The molecule has 3 rings (SSSR count). The number of carbonyl (C=O) groups is 3. The molecular weight excluding hydrogens is 416 g/mol. The largest absolute Gasteiger partial charge is 0.391 e. The number of thiazole rings is 1. The maximum atomic E-state index is 12.8. The number of β-amino-alcohol motifs (C(OH)–C–C–N with tert-alkyl or cyclic N) is 1. The van der Waals surface area contributed by atoms with Gasteiger partial charge in [-0.05, 0) is 24.5 Å². The molecule has 3 amide bonds. The third kappa shape index (κ3) is 5.48. The molecule has 8 nitrogen and oxygen atoms in total. The van der Waals surface area contributed by atoms with Crippen LogP contribution in [-0.4, -0.2) is 57.4 Å². The van der Waals surface area contributed by atoms with Gasteiger partial charge >= 0.3 is 0 Å². The molecular formula is C22H28N4O4S. The molecule has 0 radical (unpaired) electrons. The van der Waals surface area contributed by atoms with Crippen molar-refractivity contribution in [2.24, 2.45) is 0 Å². The Labute approximate surface area is 185 Å². The van der Waals surface area contributed by atoms with E-state index in [0.29, 0.717) is 13.0 Å². The number of benzene rings is 1. The van der Waals surface area contributed by atoms with Gasteiger partial charge in [-0.25, -0.2) is 4.98 Å². The van der Waals surface area contributed by atoms with Crippen molar-refractivity contribution >= 4 is 29.1 Å². The van der Waals surface area contributed by atoms with Crippen LogP contribution in [0, 0.1) is 6.92 Å². The summed E-state index contributed by atoms with van der Waals surface area (Å²) in [4.78, 5) is 43.8. The van der Waals surface area contributed by atoms with Gasteiger partial charge in [0.05, 0.1) is 22.2 Å². The number of amides is 3. The molecule has 3 N–H and O–H groups in total. The SMILES string of the molecule is CC[C@H](NC(C)=O)C(=O)N1C[C@H](O)CC1C(=O)NCc1ccc(-c2scnc2C)cc1. The molecule has 1 fully saturated rings. The van der Waals surface area contributed by atoms with Gasteiger partial charge in [0, 0.05) is 26.4 Å². The Balaban J connectivity index is 1.62. The number of aromatic nitrogens is 1. The molecule has 0 aliphatic carbocycles. The minimum Gasteiger partial charge on any atom is -0.391 e. The Morgan fingerprint density at radius 2 is 2.00 bits per heavy atom. The lowest BCUT2D eigenvalue weighted by Gasteiger charge is -2.27. The summed E-state index contributed by atoms with van der Waals surface area (Å²) in [6.07, 6.45) is -0.181. The summed E-state index contributed by atoms with van der Waals surface area (Å²) in [5, 5.41) is 15.5. The molecule has 0 saturated carbocycles. The van der Waals surface area contributed by atoms with Gasteiger partial charge in [0.25, 0.3) is 0 Å². The van der Waals surface area contributed by atoms with Crippen LogP contribution in [0.1, 0.15) is 37.9 Å². The maximum Gasteiger partial charge on any atom is 0.245 e. The van der Waals surface area contributed by atoms with Gasteiger partial charge in [0.2, 0.25) is 17.7 Å². The number of nitrogens with one attached hydrogen (secondary N) is 2. The van der Waals surface area contributed by atoms with Gasteiger partial charge in [-0.2, -0.15) is 0 Å². The zero-order valence-corrected chi connectivity index (χ0v) is 18.7. The van der Waals surface area contributed by atoms with E-state index in [9.17, 15) is 19.5 Å². The van der Waals surface area contributed by atoms with Gasteiger partial charge < -0.3 is 20.6 Å². The number of likely N-dealkylation sites (tertiary alicyclic amines) is 1. The Morgan fingerprint density at radius 3 is 2.58 bits per heavy atom. The van der Waals surface area contributed by atoms with Crippen LogP contribution in [0.4, 0.5) is 0 Å². The van der Waals surface area contributed by atoms with E-state index in [-0.39, 0.29) is 30.7 Å². The molecule has 166 valence electrons. The molecule has 9 heteroatoms. The lowest BCUT2D eigenvalue weighted by atomic mass is 10.1. The van der Waals surface area contributed by atoms with Crippen molar-refractivity contribution in [2.45, 2.75) is 58.3 Å². The predicted molar refractivity (Wildman–Crippen MR) is 118 cm³/mol. The molecule has 0 spiro atoms. The van der Waals surface area contributed by atoms with Gasteiger partial charge in [0.1, 0.15) is 12.1 Å². The van der Waals surface area contributed by atoms with Crippen molar-refractivity contribution < 1.29 is 19.5 Å². The van der Waals surface area contributed by atoms with Crippen molar-refractivity contribution in [1.82, 2.24) is 20.5 Å². The van der Waals surface area contributed by atoms with E-state index < -0.39 is 18.2 Å². The first-order chi connectivity index (χ1) is 14.8. The fourth-order valence-electron chi connectivity index (χ4n) is 3.75. The Bertz CT molecular complexity index is 943.